The Morgan fingerprint density at radius 2 is 2.05 bits per heavy atom. The van der Waals surface area contributed by atoms with Crippen LogP contribution in [0.2, 0.25) is 5.02 Å². The first-order valence-corrected chi connectivity index (χ1v) is 8.19. The molecule has 0 unspecified atom stereocenters. The van der Waals surface area contributed by atoms with Crippen LogP contribution in [0.25, 0.3) is 11.0 Å². The molecule has 110 valence electrons. The van der Waals surface area contributed by atoms with Crippen molar-refractivity contribution in [3.8, 4) is 6.07 Å². The van der Waals surface area contributed by atoms with Crippen LogP contribution >= 0.6 is 23.4 Å². The van der Waals surface area contributed by atoms with Crippen molar-refractivity contribution in [2.75, 3.05) is 0 Å². The van der Waals surface area contributed by atoms with E-state index in [0.717, 1.165) is 22.7 Å². The molecule has 3 aromatic rings. The molecule has 0 fully saturated rings. The number of aromatic nitrogens is 2. The number of nitrogens with zero attached hydrogens (tertiary/aromatic N) is 3. The summed E-state index contributed by atoms with van der Waals surface area (Å²) in [6.45, 7) is 2.60. The lowest BCUT2D eigenvalue weighted by Gasteiger charge is -2.09. The molecule has 5 heteroatoms. The van der Waals surface area contributed by atoms with Crippen LogP contribution in [0.15, 0.2) is 53.7 Å². The summed E-state index contributed by atoms with van der Waals surface area (Å²) in [4.78, 5) is 4.65. The predicted octanol–water partition coefficient (Wildman–Crippen LogP) is 4.74. The number of rotatable bonds is 4. The van der Waals surface area contributed by atoms with Crippen LogP contribution in [-0.4, -0.2) is 14.8 Å². The Balaban J connectivity index is 2.08. The zero-order valence-electron chi connectivity index (χ0n) is 12.0. The van der Waals surface area contributed by atoms with Gasteiger partial charge in [-0.05, 0) is 30.7 Å². The summed E-state index contributed by atoms with van der Waals surface area (Å²) >= 11 is 7.53. The van der Waals surface area contributed by atoms with Crippen LogP contribution in [0.3, 0.4) is 0 Å². The number of thioether (sulfide) groups is 1. The van der Waals surface area contributed by atoms with Crippen molar-refractivity contribution >= 4 is 34.4 Å². The van der Waals surface area contributed by atoms with Gasteiger partial charge in [-0.25, -0.2) is 4.98 Å². The second-order valence-electron chi connectivity index (χ2n) is 4.99. The van der Waals surface area contributed by atoms with Crippen molar-refractivity contribution in [1.29, 1.82) is 5.26 Å². The lowest BCUT2D eigenvalue weighted by Crippen LogP contribution is -2.03. The number of hydrogen-bond donors (Lipinski definition) is 0. The van der Waals surface area contributed by atoms with Crippen LogP contribution in [0.1, 0.15) is 12.5 Å². The second kappa shape index (κ2) is 6.43. The van der Waals surface area contributed by atoms with E-state index in [1.165, 1.54) is 17.3 Å². The van der Waals surface area contributed by atoms with Crippen molar-refractivity contribution in [2.24, 2.45) is 0 Å². The summed E-state index contributed by atoms with van der Waals surface area (Å²) < 4.78 is 2.14. The van der Waals surface area contributed by atoms with E-state index in [9.17, 15) is 0 Å². The Morgan fingerprint density at radius 3 is 2.77 bits per heavy atom. The van der Waals surface area contributed by atoms with Gasteiger partial charge in [0.05, 0.1) is 28.9 Å². The number of halogens is 1. The normalized spacial score (nSPS) is 12.2. The first-order chi connectivity index (χ1) is 10.7. The molecule has 0 spiro atoms. The van der Waals surface area contributed by atoms with Gasteiger partial charge in [-0.1, -0.05) is 53.7 Å². The monoisotopic (exact) mass is 327 g/mol. The van der Waals surface area contributed by atoms with Crippen LogP contribution in [-0.2, 0) is 6.54 Å². The summed E-state index contributed by atoms with van der Waals surface area (Å²) in [6, 6.07) is 18.2. The number of fused-ring (bicyclic) bond motifs is 1. The fourth-order valence-electron chi connectivity index (χ4n) is 2.27. The standard InChI is InChI=1S/C17H14ClN3S/c1-12(10-19)22-17-20-15-9-14(18)7-8-16(15)21(17)11-13-5-3-2-4-6-13/h2-9,12H,11H2,1H3/t12-/m0/s1. The lowest BCUT2D eigenvalue weighted by atomic mass is 10.2. The molecular weight excluding hydrogens is 314 g/mol. The van der Waals surface area contributed by atoms with Crippen LogP contribution in [0.5, 0.6) is 0 Å². The molecule has 1 heterocycles. The van der Waals surface area contributed by atoms with E-state index >= 15 is 0 Å². The number of imidazole rings is 1. The van der Waals surface area contributed by atoms with E-state index in [4.69, 9.17) is 16.9 Å². The highest BCUT2D eigenvalue weighted by atomic mass is 35.5. The molecule has 3 nitrogen and oxygen atoms in total. The molecule has 3 rings (SSSR count). The fourth-order valence-corrected chi connectivity index (χ4v) is 3.25. The van der Waals surface area contributed by atoms with Crippen molar-refractivity contribution in [3.63, 3.8) is 0 Å². The molecule has 2 aromatic carbocycles. The molecular formula is C17H14ClN3S. The summed E-state index contributed by atoms with van der Waals surface area (Å²) in [5.74, 6) is 0. The summed E-state index contributed by atoms with van der Waals surface area (Å²) in [5.41, 5.74) is 3.08. The topological polar surface area (TPSA) is 41.6 Å². The Kier molecular flexibility index (Phi) is 4.37. The third-order valence-corrected chi connectivity index (χ3v) is 4.54. The third kappa shape index (κ3) is 3.11. The van der Waals surface area contributed by atoms with Gasteiger partial charge in [-0.3, -0.25) is 0 Å². The molecule has 22 heavy (non-hydrogen) atoms. The maximum absolute atomic E-state index is 9.07. The van der Waals surface area contributed by atoms with Gasteiger partial charge >= 0.3 is 0 Å². The first kappa shape index (κ1) is 15.0. The van der Waals surface area contributed by atoms with Gasteiger partial charge in [-0.2, -0.15) is 5.26 Å². The maximum Gasteiger partial charge on any atom is 0.170 e. The minimum Gasteiger partial charge on any atom is -0.314 e. The van der Waals surface area contributed by atoms with Gasteiger partial charge in [0.1, 0.15) is 0 Å². The number of benzene rings is 2. The lowest BCUT2D eigenvalue weighted by molar-refractivity contribution is 0.730. The van der Waals surface area contributed by atoms with Crippen LogP contribution in [0.4, 0.5) is 0 Å². The molecule has 1 atom stereocenters. The smallest absolute Gasteiger partial charge is 0.170 e. The van der Waals surface area contributed by atoms with Gasteiger partial charge in [0.25, 0.3) is 0 Å². The van der Waals surface area contributed by atoms with Gasteiger partial charge < -0.3 is 4.57 Å². The molecule has 0 bridgehead atoms. The summed E-state index contributed by atoms with van der Waals surface area (Å²) in [5, 5.41) is 10.4. The highest BCUT2D eigenvalue weighted by molar-refractivity contribution is 8.00. The SMILES string of the molecule is C[C@@H](C#N)Sc1nc2cc(Cl)ccc2n1Cc1ccccc1. The number of hydrogen-bond acceptors (Lipinski definition) is 3. The Bertz CT molecular complexity index is 836. The zero-order chi connectivity index (χ0) is 15.5. The molecule has 0 aliphatic carbocycles. The van der Waals surface area contributed by atoms with E-state index in [-0.39, 0.29) is 5.25 Å². The summed E-state index contributed by atoms with van der Waals surface area (Å²) in [7, 11) is 0. The number of nitriles is 1. The zero-order valence-corrected chi connectivity index (χ0v) is 13.6. The molecule has 0 amide bonds. The fraction of sp³-hybridized carbons (Fsp3) is 0.176. The highest BCUT2D eigenvalue weighted by Crippen LogP contribution is 2.29. The van der Waals surface area contributed by atoms with E-state index in [0.29, 0.717) is 5.02 Å². The minimum atomic E-state index is -0.151. The van der Waals surface area contributed by atoms with E-state index < -0.39 is 0 Å². The van der Waals surface area contributed by atoms with Gasteiger partial charge in [0, 0.05) is 5.02 Å². The van der Waals surface area contributed by atoms with Crippen molar-refractivity contribution in [2.45, 2.75) is 23.9 Å². The van der Waals surface area contributed by atoms with Gasteiger partial charge in [-0.15, -0.1) is 0 Å². The van der Waals surface area contributed by atoms with E-state index in [1.807, 2.05) is 43.3 Å². The highest BCUT2D eigenvalue weighted by Gasteiger charge is 2.14. The minimum absolute atomic E-state index is 0.151. The quantitative estimate of drug-likeness (QED) is 0.650. The molecule has 0 saturated carbocycles. The van der Waals surface area contributed by atoms with Crippen molar-refractivity contribution < 1.29 is 0 Å². The molecule has 0 saturated heterocycles. The molecule has 1 aromatic heterocycles. The van der Waals surface area contributed by atoms with Gasteiger partial charge in [0.15, 0.2) is 5.16 Å². The largest absolute Gasteiger partial charge is 0.314 e. The maximum atomic E-state index is 9.07. The first-order valence-electron chi connectivity index (χ1n) is 6.93. The van der Waals surface area contributed by atoms with E-state index in [2.05, 4.69) is 27.8 Å². The average molecular weight is 328 g/mol. The van der Waals surface area contributed by atoms with E-state index in [1.54, 1.807) is 0 Å². The van der Waals surface area contributed by atoms with Crippen molar-refractivity contribution in [3.05, 3.63) is 59.1 Å². The Labute approximate surface area is 138 Å². The molecule has 0 aliphatic rings. The predicted molar refractivity (Wildman–Crippen MR) is 91.2 cm³/mol. The van der Waals surface area contributed by atoms with Gasteiger partial charge in [0.2, 0.25) is 0 Å². The van der Waals surface area contributed by atoms with Crippen LogP contribution in [0, 0.1) is 11.3 Å². The average Bonchev–Trinajstić information content (AvgIpc) is 2.84. The van der Waals surface area contributed by atoms with Crippen molar-refractivity contribution in [1.82, 2.24) is 9.55 Å². The summed E-state index contributed by atoms with van der Waals surface area (Å²) in [6.07, 6.45) is 0. The third-order valence-electron chi connectivity index (χ3n) is 3.32. The second-order valence-corrected chi connectivity index (χ2v) is 6.73. The Morgan fingerprint density at radius 1 is 1.27 bits per heavy atom. The Hall–Kier alpha value is -1.96. The molecule has 0 N–H and O–H groups in total. The van der Waals surface area contributed by atoms with Crippen LogP contribution < -0.4 is 0 Å². The molecule has 0 aliphatic heterocycles. The molecule has 0 radical (unpaired) electrons.